The molecule has 0 fully saturated rings. The van der Waals surface area contributed by atoms with Gasteiger partial charge in [0.25, 0.3) is 0 Å². The molecule has 0 saturated carbocycles. The molecule has 190 valence electrons. The number of amides is 2. The number of ether oxygens (including phenoxy) is 1. The van der Waals surface area contributed by atoms with Gasteiger partial charge in [0, 0.05) is 32.0 Å². The minimum absolute atomic E-state index is 0.113. The highest BCUT2D eigenvalue weighted by atomic mass is 16.5. The summed E-state index contributed by atoms with van der Waals surface area (Å²) in [6.45, 7) is 4.55. The lowest BCUT2D eigenvalue weighted by atomic mass is 10.2. The average molecular weight is 495 g/mol. The first-order chi connectivity index (χ1) is 17.3. The van der Waals surface area contributed by atoms with Gasteiger partial charge < -0.3 is 15.4 Å². The number of nitrogens with one attached hydrogen (secondary N) is 2. The monoisotopic (exact) mass is 494 g/mol. The Balaban J connectivity index is 1.57. The van der Waals surface area contributed by atoms with Crippen LogP contribution in [0.25, 0.3) is 0 Å². The van der Waals surface area contributed by atoms with Crippen LogP contribution < -0.4 is 10.6 Å². The third-order valence-corrected chi connectivity index (χ3v) is 5.19. The summed E-state index contributed by atoms with van der Waals surface area (Å²) in [6, 6.07) is 9.85. The van der Waals surface area contributed by atoms with Crippen molar-refractivity contribution in [2.45, 2.75) is 52.1 Å². The molecule has 0 spiro atoms. The van der Waals surface area contributed by atoms with Crippen LogP contribution in [0.4, 0.5) is 0 Å². The van der Waals surface area contributed by atoms with E-state index in [0.717, 1.165) is 11.4 Å². The molecule has 0 aliphatic carbocycles. The van der Waals surface area contributed by atoms with Gasteiger partial charge in [0.05, 0.1) is 30.4 Å². The average Bonchev–Trinajstić information content (AvgIpc) is 3.30. The topological polar surface area (TPSA) is 144 Å². The molecule has 0 bridgehead atoms. The van der Waals surface area contributed by atoms with Crippen molar-refractivity contribution in [3.63, 3.8) is 0 Å². The lowest BCUT2D eigenvalue weighted by Crippen LogP contribution is -2.50. The van der Waals surface area contributed by atoms with Gasteiger partial charge in [0.15, 0.2) is 0 Å². The molecule has 36 heavy (non-hydrogen) atoms. The van der Waals surface area contributed by atoms with Crippen molar-refractivity contribution in [2.24, 2.45) is 0 Å². The molecular weight excluding hydrogens is 464 g/mol. The van der Waals surface area contributed by atoms with Gasteiger partial charge in [-0.1, -0.05) is 17.3 Å². The lowest BCUT2D eigenvalue weighted by molar-refractivity contribution is -0.144. The van der Waals surface area contributed by atoms with Gasteiger partial charge in [-0.25, -0.2) is 9.48 Å². The fourth-order valence-corrected chi connectivity index (χ4v) is 3.40. The van der Waals surface area contributed by atoms with E-state index in [1.54, 1.807) is 18.6 Å². The predicted molar refractivity (Wildman–Crippen MR) is 129 cm³/mol. The number of nitrogens with zero attached hydrogens (tertiary/aromatic N) is 6. The highest BCUT2D eigenvalue weighted by molar-refractivity contribution is 5.90. The largest absolute Gasteiger partial charge is 0.467 e. The Bertz CT molecular complexity index is 1100. The number of methoxy groups -OCH3 is 1. The maximum atomic E-state index is 12.4. The first kappa shape index (κ1) is 26.4. The van der Waals surface area contributed by atoms with Crippen molar-refractivity contribution in [1.29, 1.82) is 0 Å². The quantitative estimate of drug-likeness (QED) is 0.343. The minimum Gasteiger partial charge on any atom is -0.467 e. The van der Waals surface area contributed by atoms with Crippen LogP contribution in [0.5, 0.6) is 0 Å². The van der Waals surface area contributed by atoms with E-state index in [4.69, 9.17) is 0 Å². The van der Waals surface area contributed by atoms with Crippen molar-refractivity contribution >= 4 is 17.8 Å². The molecule has 12 nitrogen and oxygen atoms in total. The summed E-state index contributed by atoms with van der Waals surface area (Å²) in [4.78, 5) is 47.0. The number of pyridine rings is 2. The van der Waals surface area contributed by atoms with Crippen LogP contribution in [0, 0.1) is 0 Å². The second kappa shape index (κ2) is 13.0. The van der Waals surface area contributed by atoms with E-state index < -0.39 is 29.9 Å². The molecule has 12 heteroatoms. The number of aromatic nitrogens is 5. The molecule has 0 saturated heterocycles. The second-order valence-corrected chi connectivity index (χ2v) is 8.24. The molecule has 0 aliphatic rings. The number of carbonyl (C=O) groups excluding carboxylic acids is 3. The van der Waals surface area contributed by atoms with Crippen LogP contribution in [0.2, 0.25) is 0 Å². The van der Waals surface area contributed by atoms with Crippen LogP contribution in [0.15, 0.2) is 55.0 Å². The molecule has 3 aromatic heterocycles. The number of rotatable bonds is 12. The highest BCUT2D eigenvalue weighted by Gasteiger charge is 2.21. The first-order valence-electron chi connectivity index (χ1n) is 11.4. The maximum Gasteiger partial charge on any atom is 0.328 e. The predicted octanol–water partition coefficient (Wildman–Crippen LogP) is 0.453. The van der Waals surface area contributed by atoms with Gasteiger partial charge in [0.2, 0.25) is 11.8 Å². The Morgan fingerprint density at radius 3 is 2.08 bits per heavy atom. The summed E-state index contributed by atoms with van der Waals surface area (Å²) in [5.41, 5.74) is 2.50. The normalized spacial score (nSPS) is 12.6. The zero-order valence-electron chi connectivity index (χ0n) is 20.5. The zero-order valence-corrected chi connectivity index (χ0v) is 20.5. The molecule has 3 heterocycles. The second-order valence-electron chi connectivity index (χ2n) is 8.24. The van der Waals surface area contributed by atoms with Gasteiger partial charge in [0.1, 0.15) is 18.6 Å². The van der Waals surface area contributed by atoms with Crippen LogP contribution >= 0.6 is 0 Å². The molecule has 0 aromatic carbocycles. The fraction of sp³-hybridized carbons (Fsp3) is 0.375. The highest BCUT2D eigenvalue weighted by Crippen LogP contribution is 2.10. The van der Waals surface area contributed by atoms with Crippen LogP contribution in [-0.2, 0) is 45.3 Å². The van der Waals surface area contributed by atoms with E-state index in [9.17, 15) is 14.4 Å². The Kier molecular flexibility index (Phi) is 9.57. The molecule has 3 rings (SSSR count). The molecule has 2 amide bonds. The number of esters is 1. The van der Waals surface area contributed by atoms with Crippen molar-refractivity contribution in [3.8, 4) is 0 Å². The first-order valence-corrected chi connectivity index (χ1v) is 11.4. The van der Waals surface area contributed by atoms with E-state index in [0.29, 0.717) is 25.3 Å². The van der Waals surface area contributed by atoms with Gasteiger partial charge in [-0.05, 0) is 38.1 Å². The van der Waals surface area contributed by atoms with Gasteiger partial charge in [-0.3, -0.25) is 24.5 Å². The van der Waals surface area contributed by atoms with E-state index in [-0.39, 0.29) is 6.54 Å². The van der Waals surface area contributed by atoms with Crippen molar-refractivity contribution in [2.75, 3.05) is 7.11 Å². The minimum atomic E-state index is -0.847. The Labute approximate surface area is 209 Å². The Morgan fingerprint density at radius 1 is 0.917 bits per heavy atom. The third kappa shape index (κ3) is 8.24. The van der Waals surface area contributed by atoms with E-state index in [1.807, 2.05) is 36.4 Å². The zero-order chi connectivity index (χ0) is 25.9. The van der Waals surface area contributed by atoms with Crippen LogP contribution in [0.3, 0.4) is 0 Å². The summed E-state index contributed by atoms with van der Waals surface area (Å²) in [5.74, 6) is -1.49. The Hall–Kier alpha value is -4.19. The summed E-state index contributed by atoms with van der Waals surface area (Å²) < 4.78 is 5.99. The molecule has 0 radical (unpaired) electrons. The van der Waals surface area contributed by atoms with Gasteiger partial charge in [-0.15, -0.1) is 5.10 Å². The summed E-state index contributed by atoms with van der Waals surface area (Å²) >= 11 is 0. The summed E-state index contributed by atoms with van der Waals surface area (Å²) in [6.07, 6.45) is 5.19. The van der Waals surface area contributed by atoms with E-state index in [1.165, 1.54) is 25.6 Å². The van der Waals surface area contributed by atoms with Gasteiger partial charge in [-0.2, -0.15) is 0 Å². The molecule has 1 unspecified atom stereocenters. The SMILES string of the molecule is COC(=O)[C@@H](C)NC(=O)C(C)NC(=O)Cn1cc(CN(Cc2ccccn2)Cc2ccccn2)nn1. The number of hydrogen-bond donors (Lipinski definition) is 2. The lowest BCUT2D eigenvalue weighted by Gasteiger charge is -2.20. The van der Waals surface area contributed by atoms with Crippen LogP contribution in [0.1, 0.15) is 30.9 Å². The van der Waals surface area contributed by atoms with Crippen molar-refractivity contribution in [1.82, 2.24) is 40.5 Å². The van der Waals surface area contributed by atoms with Crippen molar-refractivity contribution < 1.29 is 19.1 Å². The molecule has 0 aliphatic heterocycles. The van der Waals surface area contributed by atoms with Gasteiger partial charge >= 0.3 is 5.97 Å². The maximum absolute atomic E-state index is 12.4. The van der Waals surface area contributed by atoms with E-state index >= 15 is 0 Å². The molecule has 2 N–H and O–H groups in total. The van der Waals surface area contributed by atoms with Crippen LogP contribution in [-0.4, -0.2) is 66.8 Å². The summed E-state index contributed by atoms with van der Waals surface area (Å²) in [5, 5.41) is 13.3. The molecule has 3 aromatic rings. The molecular formula is C24H30N8O4. The smallest absolute Gasteiger partial charge is 0.328 e. The summed E-state index contributed by atoms with van der Waals surface area (Å²) in [7, 11) is 1.24. The fourth-order valence-electron chi connectivity index (χ4n) is 3.40. The number of hydrogen-bond acceptors (Lipinski definition) is 9. The number of carbonyl (C=O) groups is 3. The third-order valence-electron chi connectivity index (χ3n) is 5.19. The van der Waals surface area contributed by atoms with Crippen molar-refractivity contribution in [3.05, 3.63) is 72.1 Å². The Morgan fingerprint density at radius 2 is 1.53 bits per heavy atom. The van der Waals surface area contributed by atoms with E-state index in [2.05, 4.69) is 40.6 Å². The standard InChI is InChI=1S/C24H30N8O4/c1-17(23(34)28-18(2)24(35)36-3)27-22(33)16-32-15-21(29-30-32)14-31(12-19-8-4-6-10-25-19)13-20-9-5-7-11-26-20/h4-11,15,17-18H,12-14,16H2,1-3H3,(H,27,33)(H,28,34)/t17?,18-/m1/s1. The molecule has 2 atom stereocenters.